The molecule has 2 heterocycles. The van der Waals surface area contributed by atoms with Crippen LogP contribution in [0.1, 0.15) is 0 Å². The van der Waals surface area contributed by atoms with Gasteiger partial charge in [0.1, 0.15) is 0 Å². The van der Waals surface area contributed by atoms with Gasteiger partial charge >= 0.3 is 0 Å². The third kappa shape index (κ3) is 2.59. The third-order valence-corrected chi connectivity index (χ3v) is 2.43. The van der Waals surface area contributed by atoms with Gasteiger partial charge in [-0.05, 0) is 5.52 Å². The van der Waals surface area contributed by atoms with Crippen molar-refractivity contribution >= 4 is 10.9 Å². The predicted octanol–water partition coefficient (Wildman–Crippen LogP) is 2.89. The van der Waals surface area contributed by atoms with Crippen molar-refractivity contribution in [3.8, 4) is 11.1 Å². The molecule has 0 aliphatic carbocycles. The first-order chi connectivity index (χ1) is 7.93. The maximum atomic E-state index is 4.28. The van der Waals surface area contributed by atoms with Gasteiger partial charge in [-0.3, -0.25) is 0 Å². The quantitative estimate of drug-likeness (QED) is 0.645. The Bertz CT molecular complexity index is 623. The Morgan fingerprint density at radius 2 is 1.94 bits per heavy atom. The molecule has 2 aromatic heterocycles. The molecule has 0 atom stereocenters. The van der Waals surface area contributed by atoms with Crippen LogP contribution in [0, 0.1) is 12.3 Å². The molecule has 3 heteroatoms. The zero-order valence-corrected chi connectivity index (χ0v) is 11.9. The molecule has 3 rings (SSSR count). The summed E-state index contributed by atoms with van der Waals surface area (Å²) in [6, 6.07) is 14.9. The Kier molecular flexibility index (Phi) is 3.98. The maximum absolute atomic E-state index is 4.28. The van der Waals surface area contributed by atoms with Gasteiger partial charge in [0.15, 0.2) is 0 Å². The summed E-state index contributed by atoms with van der Waals surface area (Å²) in [5.41, 5.74) is 2.79. The summed E-state index contributed by atoms with van der Waals surface area (Å²) in [7, 11) is 0. The van der Waals surface area contributed by atoms with Crippen LogP contribution in [0.3, 0.4) is 0 Å². The van der Waals surface area contributed by atoms with E-state index in [1.54, 1.807) is 18.5 Å². The first kappa shape index (κ1) is 12.3. The van der Waals surface area contributed by atoms with Crippen LogP contribution in [0.5, 0.6) is 0 Å². The van der Waals surface area contributed by atoms with E-state index in [4.69, 9.17) is 0 Å². The molecule has 0 bridgehead atoms. The fraction of sp³-hybridized carbons (Fsp3) is 0. The smallest absolute Gasteiger partial charge is 0 e. The van der Waals surface area contributed by atoms with Crippen molar-refractivity contribution < 1.29 is 32.7 Å². The minimum atomic E-state index is 0. The number of rotatable bonds is 1. The van der Waals surface area contributed by atoms with Crippen molar-refractivity contribution in [2.75, 3.05) is 0 Å². The van der Waals surface area contributed by atoms with Crippen molar-refractivity contribution in [1.29, 1.82) is 0 Å². The molecule has 1 radical (unpaired) electrons. The van der Waals surface area contributed by atoms with Crippen LogP contribution in [0.2, 0.25) is 0 Å². The van der Waals surface area contributed by atoms with Crippen molar-refractivity contribution in [1.82, 2.24) is 9.97 Å². The number of aromatic nitrogens is 2. The van der Waals surface area contributed by atoms with Gasteiger partial charge < -0.3 is 9.97 Å². The van der Waals surface area contributed by atoms with Crippen LogP contribution in [0.15, 0.2) is 48.8 Å². The first-order valence-electron chi connectivity index (χ1n) is 5.03. The zero-order chi connectivity index (χ0) is 10.8. The van der Waals surface area contributed by atoms with E-state index >= 15 is 0 Å². The Hall–Kier alpha value is -1.12. The van der Waals surface area contributed by atoms with Gasteiger partial charge in [-0.2, -0.15) is 12.1 Å². The normalized spacial score (nSPS) is 9.88. The minimum Gasteiger partial charge on any atom is -0.370 e. The van der Waals surface area contributed by atoms with Crippen LogP contribution in [-0.2, 0) is 32.7 Å². The molecule has 0 fully saturated rings. The van der Waals surface area contributed by atoms with Crippen molar-refractivity contribution in [2.45, 2.75) is 0 Å². The average molecular weight is 293 g/mol. The number of benzene rings is 1. The Balaban J connectivity index is 0.00000108. The van der Waals surface area contributed by atoms with E-state index in [1.807, 2.05) is 24.3 Å². The summed E-state index contributed by atoms with van der Waals surface area (Å²) in [6.45, 7) is 0. The van der Waals surface area contributed by atoms with E-state index in [0.29, 0.717) is 0 Å². The number of fused-ring (bicyclic) bond motifs is 1. The van der Waals surface area contributed by atoms with Crippen molar-refractivity contribution in [2.24, 2.45) is 0 Å². The third-order valence-electron chi connectivity index (χ3n) is 2.43. The average Bonchev–Trinajstić information content (AvgIpc) is 2.39. The van der Waals surface area contributed by atoms with E-state index in [-0.39, 0.29) is 32.7 Å². The Morgan fingerprint density at radius 1 is 1.06 bits per heavy atom. The summed E-state index contributed by atoms with van der Waals surface area (Å²) in [6.07, 6.45) is 6.48. The van der Waals surface area contributed by atoms with Gasteiger partial charge in [0, 0.05) is 32.7 Å². The summed E-state index contributed by atoms with van der Waals surface area (Å²) < 4.78 is 0. The van der Waals surface area contributed by atoms with Crippen LogP contribution < -0.4 is 0 Å². The molecular formula is C14H8N2Y-2. The molecule has 0 aliphatic heterocycles. The molecule has 0 N–H and O–H groups in total. The number of pyridine rings is 2. The molecule has 0 saturated heterocycles. The van der Waals surface area contributed by atoms with Crippen LogP contribution in [0.4, 0.5) is 0 Å². The molecule has 0 aliphatic rings. The van der Waals surface area contributed by atoms with Gasteiger partial charge in [0.2, 0.25) is 0 Å². The summed E-state index contributed by atoms with van der Waals surface area (Å²) in [5, 5.41) is 1.11. The topological polar surface area (TPSA) is 25.8 Å². The fourth-order valence-corrected chi connectivity index (χ4v) is 1.63. The number of hydrogen-bond acceptors (Lipinski definition) is 2. The monoisotopic (exact) mass is 293 g/mol. The SMILES string of the molecule is [Y].[c-]1ccncc1-c1[c-]nc2ccccc2c1. The molecule has 0 unspecified atom stereocenters. The number of hydrogen-bond donors (Lipinski definition) is 0. The molecule has 1 aromatic carbocycles. The Morgan fingerprint density at radius 3 is 2.76 bits per heavy atom. The van der Waals surface area contributed by atoms with Crippen LogP contribution in [0.25, 0.3) is 22.0 Å². The van der Waals surface area contributed by atoms with Crippen LogP contribution in [-0.4, -0.2) is 9.97 Å². The first-order valence-corrected chi connectivity index (χ1v) is 5.03. The van der Waals surface area contributed by atoms with Gasteiger partial charge in [-0.1, -0.05) is 48.2 Å². The standard InChI is InChI=1S/C14H8N2.Y/c1-2-6-14-11(4-1)8-13(10-16-14)12-5-3-7-15-9-12;/h1-4,6-9H;/q-2;. The van der Waals surface area contributed by atoms with E-state index < -0.39 is 0 Å². The molecule has 79 valence electrons. The minimum absolute atomic E-state index is 0. The van der Waals surface area contributed by atoms with E-state index in [1.165, 1.54) is 0 Å². The maximum Gasteiger partial charge on any atom is 0 e. The summed E-state index contributed by atoms with van der Waals surface area (Å²) >= 11 is 0. The Labute approximate surface area is 125 Å². The van der Waals surface area contributed by atoms with Gasteiger partial charge in [0.05, 0.1) is 0 Å². The summed E-state index contributed by atoms with van der Waals surface area (Å²) in [4.78, 5) is 8.35. The fourth-order valence-electron chi connectivity index (χ4n) is 1.63. The second-order valence-electron chi connectivity index (χ2n) is 3.49. The molecule has 0 spiro atoms. The van der Waals surface area contributed by atoms with E-state index in [9.17, 15) is 0 Å². The zero-order valence-electron chi connectivity index (χ0n) is 9.09. The second-order valence-corrected chi connectivity index (χ2v) is 3.49. The largest absolute Gasteiger partial charge is 0.370 e. The van der Waals surface area contributed by atoms with E-state index in [2.05, 4.69) is 28.3 Å². The van der Waals surface area contributed by atoms with Gasteiger partial charge in [-0.25, -0.2) is 11.1 Å². The van der Waals surface area contributed by atoms with Crippen molar-refractivity contribution in [3.63, 3.8) is 0 Å². The second kappa shape index (κ2) is 5.48. The molecule has 0 saturated carbocycles. The van der Waals surface area contributed by atoms with Crippen molar-refractivity contribution in [3.05, 3.63) is 61.1 Å². The number of para-hydroxylation sites is 1. The molecule has 0 amide bonds. The molecule has 3 aromatic rings. The number of nitrogens with zero attached hydrogens (tertiary/aromatic N) is 2. The van der Waals surface area contributed by atoms with E-state index in [0.717, 1.165) is 22.0 Å². The molecular weight excluding hydrogens is 285 g/mol. The van der Waals surface area contributed by atoms with Gasteiger partial charge in [0.25, 0.3) is 0 Å². The van der Waals surface area contributed by atoms with Gasteiger partial charge in [-0.15, -0.1) is 6.07 Å². The van der Waals surface area contributed by atoms with Crippen LogP contribution >= 0.6 is 0 Å². The predicted molar refractivity (Wildman–Crippen MR) is 62.6 cm³/mol. The molecule has 17 heavy (non-hydrogen) atoms. The summed E-state index contributed by atoms with van der Waals surface area (Å²) in [5.74, 6) is 0. The molecule has 2 nitrogen and oxygen atoms in total.